The third-order valence-electron chi connectivity index (χ3n) is 3.85. The molecule has 1 aromatic carbocycles. The van der Waals surface area contributed by atoms with Gasteiger partial charge in [0.05, 0.1) is 0 Å². The van der Waals surface area contributed by atoms with E-state index in [9.17, 15) is 14.9 Å². The minimum absolute atomic E-state index is 0.142. The van der Waals surface area contributed by atoms with Crippen LogP contribution in [0.2, 0.25) is 0 Å². The van der Waals surface area contributed by atoms with Gasteiger partial charge >= 0.3 is 0 Å². The lowest BCUT2D eigenvalue weighted by Crippen LogP contribution is -2.33. The molecule has 7 heteroatoms. The van der Waals surface area contributed by atoms with E-state index >= 15 is 0 Å². The Balaban J connectivity index is 1.67. The maximum absolute atomic E-state index is 12.3. The second-order valence-electron chi connectivity index (χ2n) is 5.23. The Labute approximate surface area is 121 Å². The summed E-state index contributed by atoms with van der Waals surface area (Å²) < 4.78 is 10.6. The number of fused-ring (bicyclic) bond motifs is 1. The van der Waals surface area contributed by atoms with Crippen LogP contribution in [0.4, 0.5) is 0 Å². The first-order chi connectivity index (χ1) is 10.1. The number of ether oxygens (including phenoxy) is 2. The van der Waals surface area contributed by atoms with Gasteiger partial charge in [0, 0.05) is 24.4 Å². The first-order valence-corrected chi connectivity index (χ1v) is 6.91. The monoisotopic (exact) mass is 292 g/mol. The molecule has 0 N–H and O–H groups in total. The average molecular weight is 292 g/mol. The van der Waals surface area contributed by atoms with Crippen molar-refractivity contribution in [3.63, 3.8) is 0 Å². The van der Waals surface area contributed by atoms with E-state index in [4.69, 9.17) is 9.47 Å². The molecule has 1 saturated carbocycles. The molecule has 0 radical (unpaired) electrons. The highest BCUT2D eigenvalue weighted by Gasteiger charge is 2.54. The van der Waals surface area contributed by atoms with E-state index in [0.717, 1.165) is 5.56 Å². The number of rotatable bonds is 5. The van der Waals surface area contributed by atoms with Crippen molar-refractivity contribution in [1.29, 1.82) is 0 Å². The molecule has 1 aliphatic carbocycles. The molecule has 3 rings (SSSR count). The number of carbonyl (C=O) groups is 1. The zero-order valence-electron chi connectivity index (χ0n) is 11.7. The highest BCUT2D eigenvalue weighted by atomic mass is 16.7. The van der Waals surface area contributed by atoms with Gasteiger partial charge in [-0.3, -0.25) is 14.9 Å². The van der Waals surface area contributed by atoms with Gasteiger partial charge in [-0.2, -0.15) is 0 Å². The Morgan fingerprint density at radius 3 is 2.86 bits per heavy atom. The fourth-order valence-electron chi connectivity index (χ4n) is 2.52. The van der Waals surface area contributed by atoms with Crippen LogP contribution in [-0.4, -0.2) is 35.1 Å². The Morgan fingerprint density at radius 1 is 1.43 bits per heavy atom. The predicted molar refractivity (Wildman–Crippen MR) is 72.5 cm³/mol. The second-order valence-corrected chi connectivity index (χ2v) is 5.23. The molecule has 7 nitrogen and oxygen atoms in total. The van der Waals surface area contributed by atoms with Crippen LogP contribution in [0, 0.1) is 16.0 Å². The quantitative estimate of drug-likeness (QED) is 0.605. The number of nitro groups is 1. The molecule has 1 aromatic rings. The summed E-state index contributed by atoms with van der Waals surface area (Å²) in [6.07, 6.45) is 0.351. The van der Waals surface area contributed by atoms with Gasteiger partial charge in [0.1, 0.15) is 5.92 Å². The summed E-state index contributed by atoms with van der Waals surface area (Å²) in [5.74, 6) is 0.764. The van der Waals surface area contributed by atoms with Crippen LogP contribution in [0.25, 0.3) is 0 Å². The number of carbonyl (C=O) groups excluding carboxylic acids is 1. The van der Waals surface area contributed by atoms with Gasteiger partial charge in [-0.05, 0) is 24.6 Å². The van der Waals surface area contributed by atoms with E-state index in [1.165, 1.54) is 0 Å². The van der Waals surface area contributed by atoms with Crippen molar-refractivity contribution in [3.05, 3.63) is 33.9 Å². The molecule has 2 aliphatic rings. The Bertz CT molecular complexity index is 589. The third-order valence-corrected chi connectivity index (χ3v) is 3.85. The van der Waals surface area contributed by atoms with Gasteiger partial charge in [0.2, 0.25) is 18.7 Å². The van der Waals surface area contributed by atoms with Crippen LogP contribution in [0.3, 0.4) is 0 Å². The van der Waals surface area contributed by atoms with Crippen molar-refractivity contribution in [2.75, 3.05) is 13.3 Å². The number of benzene rings is 1. The number of amides is 1. The molecule has 0 bridgehead atoms. The molecular weight excluding hydrogens is 276 g/mol. The number of nitrogens with zero attached hydrogens (tertiary/aromatic N) is 2. The summed E-state index contributed by atoms with van der Waals surface area (Å²) in [7, 11) is 0. The largest absolute Gasteiger partial charge is 0.454 e. The van der Waals surface area contributed by atoms with Gasteiger partial charge in [-0.1, -0.05) is 6.07 Å². The van der Waals surface area contributed by atoms with Crippen LogP contribution in [0.15, 0.2) is 18.2 Å². The van der Waals surface area contributed by atoms with Crippen molar-refractivity contribution in [2.45, 2.75) is 25.9 Å². The topological polar surface area (TPSA) is 81.9 Å². The number of hydrogen-bond donors (Lipinski definition) is 0. The molecule has 21 heavy (non-hydrogen) atoms. The average Bonchev–Trinajstić information content (AvgIpc) is 3.15. The lowest BCUT2D eigenvalue weighted by molar-refractivity contribution is -0.497. The summed E-state index contributed by atoms with van der Waals surface area (Å²) in [5.41, 5.74) is 0.924. The standard InChI is InChI=1S/C14H16N2O5/c1-2-15(14(17)10-6-11(10)16(18)19)7-9-3-4-12-13(5-9)21-8-20-12/h3-5,10-11H,2,6-8H2,1H3/t10-,11-/m0/s1. The molecule has 2 atom stereocenters. The molecule has 1 heterocycles. The zero-order valence-corrected chi connectivity index (χ0v) is 11.7. The summed E-state index contributed by atoms with van der Waals surface area (Å²) in [5, 5.41) is 10.7. The SMILES string of the molecule is CCN(Cc1ccc2c(c1)OCO2)C(=O)[C@H]1C[C@@H]1[N+](=O)[O-]. The minimum Gasteiger partial charge on any atom is -0.454 e. The fraction of sp³-hybridized carbons (Fsp3) is 0.500. The van der Waals surface area contributed by atoms with Crippen LogP contribution in [0.1, 0.15) is 18.9 Å². The van der Waals surface area contributed by atoms with E-state index in [1.54, 1.807) is 4.90 Å². The lowest BCUT2D eigenvalue weighted by atomic mass is 10.1. The molecule has 0 unspecified atom stereocenters. The summed E-state index contributed by atoms with van der Waals surface area (Å²) >= 11 is 0. The van der Waals surface area contributed by atoms with Gasteiger partial charge in [-0.15, -0.1) is 0 Å². The number of hydrogen-bond acceptors (Lipinski definition) is 5. The van der Waals surface area contributed by atoms with E-state index in [-0.39, 0.29) is 17.6 Å². The smallest absolute Gasteiger partial charge is 0.233 e. The lowest BCUT2D eigenvalue weighted by Gasteiger charge is -2.20. The maximum atomic E-state index is 12.3. The zero-order chi connectivity index (χ0) is 15.0. The molecule has 112 valence electrons. The third kappa shape index (κ3) is 2.63. The maximum Gasteiger partial charge on any atom is 0.233 e. The van der Waals surface area contributed by atoms with Crippen molar-refractivity contribution in [1.82, 2.24) is 4.90 Å². The predicted octanol–water partition coefficient (Wildman–Crippen LogP) is 1.43. The Morgan fingerprint density at radius 2 is 2.19 bits per heavy atom. The molecular formula is C14H16N2O5. The van der Waals surface area contributed by atoms with E-state index < -0.39 is 12.0 Å². The molecule has 0 saturated heterocycles. The van der Waals surface area contributed by atoms with Gasteiger partial charge in [0.25, 0.3) is 0 Å². The normalized spacial score (nSPS) is 22.0. The van der Waals surface area contributed by atoms with Crippen molar-refractivity contribution >= 4 is 5.91 Å². The van der Waals surface area contributed by atoms with E-state index in [1.807, 2.05) is 25.1 Å². The highest BCUT2D eigenvalue weighted by molar-refractivity contribution is 5.82. The van der Waals surface area contributed by atoms with Crippen LogP contribution < -0.4 is 9.47 Å². The highest BCUT2D eigenvalue weighted by Crippen LogP contribution is 2.36. The summed E-state index contributed by atoms with van der Waals surface area (Å²) in [4.78, 5) is 24.2. The molecule has 0 aromatic heterocycles. The summed E-state index contributed by atoms with van der Waals surface area (Å²) in [6, 6.07) is 4.83. The molecule has 1 amide bonds. The fourth-order valence-corrected chi connectivity index (χ4v) is 2.52. The van der Waals surface area contributed by atoms with Crippen LogP contribution in [0.5, 0.6) is 11.5 Å². The van der Waals surface area contributed by atoms with Gasteiger partial charge < -0.3 is 14.4 Å². The van der Waals surface area contributed by atoms with E-state index in [2.05, 4.69) is 0 Å². The molecule has 1 aliphatic heterocycles. The molecule has 1 fully saturated rings. The van der Waals surface area contributed by atoms with Crippen molar-refractivity contribution in [2.24, 2.45) is 5.92 Å². The van der Waals surface area contributed by atoms with Crippen LogP contribution >= 0.6 is 0 Å². The molecule has 0 spiro atoms. The first-order valence-electron chi connectivity index (χ1n) is 6.91. The van der Waals surface area contributed by atoms with Crippen LogP contribution in [-0.2, 0) is 11.3 Å². The summed E-state index contributed by atoms with van der Waals surface area (Å²) in [6.45, 7) is 3.03. The second kappa shape index (κ2) is 5.23. The minimum atomic E-state index is -0.705. The Kier molecular flexibility index (Phi) is 3.40. The van der Waals surface area contributed by atoms with E-state index in [0.29, 0.717) is 31.0 Å². The van der Waals surface area contributed by atoms with Gasteiger partial charge in [0.15, 0.2) is 11.5 Å². The Hall–Kier alpha value is -2.31. The van der Waals surface area contributed by atoms with Gasteiger partial charge in [-0.25, -0.2) is 0 Å². The first kappa shape index (κ1) is 13.7. The van der Waals surface area contributed by atoms with Crippen molar-refractivity contribution < 1.29 is 19.2 Å². The van der Waals surface area contributed by atoms with Crippen molar-refractivity contribution in [3.8, 4) is 11.5 Å².